The molecule has 1 aromatic heterocycles. The number of nitrogens with zero attached hydrogens (tertiary/aromatic N) is 2. The van der Waals surface area contributed by atoms with Gasteiger partial charge >= 0.3 is 5.97 Å². The van der Waals surface area contributed by atoms with Crippen molar-refractivity contribution in [2.24, 2.45) is 0 Å². The predicted molar refractivity (Wildman–Crippen MR) is 79.7 cm³/mol. The minimum atomic E-state index is -0.373. The van der Waals surface area contributed by atoms with Crippen molar-refractivity contribution in [2.75, 3.05) is 7.11 Å². The second kappa shape index (κ2) is 7.28. The van der Waals surface area contributed by atoms with E-state index >= 15 is 0 Å². The summed E-state index contributed by atoms with van der Waals surface area (Å²) < 4.78 is 12.1. The molecule has 0 spiro atoms. The number of methoxy groups -OCH3 is 1. The fraction of sp³-hybridized carbons (Fsp3) is 0.250. The Balaban J connectivity index is 1.90. The van der Waals surface area contributed by atoms with Crippen molar-refractivity contribution in [3.63, 3.8) is 0 Å². The van der Waals surface area contributed by atoms with Gasteiger partial charge < -0.3 is 9.47 Å². The van der Waals surface area contributed by atoms with Gasteiger partial charge in [0.05, 0.1) is 12.8 Å². The Kier molecular flexibility index (Phi) is 5.15. The molecular formula is C16H18N2O3. The largest absolute Gasteiger partial charge is 0.487 e. The molecule has 110 valence electrons. The minimum absolute atomic E-state index is 0.373. The molecule has 5 nitrogen and oxygen atoms in total. The molecule has 2 rings (SSSR count). The van der Waals surface area contributed by atoms with Crippen molar-refractivity contribution in [1.29, 1.82) is 0 Å². The lowest BCUT2D eigenvalue weighted by Crippen LogP contribution is -1.99. The molecule has 21 heavy (non-hydrogen) atoms. The van der Waals surface area contributed by atoms with E-state index in [-0.39, 0.29) is 5.97 Å². The molecule has 2 aromatic rings. The number of aryl methyl sites for hydroxylation is 1. The van der Waals surface area contributed by atoms with Crippen LogP contribution in [0, 0.1) is 0 Å². The van der Waals surface area contributed by atoms with Gasteiger partial charge in [0.2, 0.25) is 0 Å². The molecule has 0 N–H and O–H groups in total. The number of aromatic nitrogens is 2. The Morgan fingerprint density at radius 3 is 2.67 bits per heavy atom. The summed E-state index contributed by atoms with van der Waals surface area (Å²) in [6.07, 6.45) is 5.01. The Morgan fingerprint density at radius 2 is 2.05 bits per heavy atom. The van der Waals surface area contributed by atoms with E-state index in [2.05, 4.69) is 9.84 Å². The third-order valence-corrected chi connectivity index (χ3v) is 2.90. The average molecular weight is 286 g/mol. The topological polar surface area (TPSA) is 53.4 Å². The number of carbonyl (C=O) groups excluding carboxylic acids is 1. The minimum Gasteiger partial charge on any atom is -0.487 e. The van der Waals surface area contributed by atoms with Gasteiger partial charge in [-0.2, -0.15) is 5.10 Å². The number of benzene rings is 1. The highest BCUT2D eigenvalue weighted by Crippen LogP contribution is 2.14. The monoisotopic (exact) mass is 286 g/mol. The summed E-state index contributed by atoms with van der Waals surface area (Å²) in [4.78, 5) is 11.0. The number of carbonyl (C=O) groups is 1. The number of hydrogen-bond donors (Lipinski definition) is 0. The molecule has 0 aliphatic rings. The summed E-state index contributed by atoms with van der Waals surface area (Å²) in [6, 6.07) is 9.40. The van der Waals surface area contributed by atoms with Crippen LogP contribution in [0.1, 0.15) is 18.2 Å². The zero-order valence-corrected chi connectivity index (χ0v) is 12.2. The predicted octanol–water partition coefficient (Wildman–Crippen LogP) is 2.67. The van der Waals surface area contributed by atoms with Gasteiger partial charge in [0, 0.05) is 18.8 Å². The molecule has 0 unspecified atom stereocenters. The van der Waals surface area contributed by atoms with Crippen LogP contribution in [0.5, 0.6) is 5.75 Å². The molecule has 0 bridgehead atoms. The fourth-order valence-electron chi connectivity index (χ4n) is 1.72. The number of rotatable bonds is 6. The standard InChI is InChI=1S/C16H18N2O3/c1-3-18-11-10-14(17-18)12-21-15-7-4-13(5-8-15)6-9-16(19)20-2/h4-11H,3,12H2,1-2H3/b9-6+. The molecule has 0 saturated carbocycles. The highest BCUT2D eigenvalue weighted by Gasteiger charge is 2.00. The molecule has 0 amide bonds. The maximum Gasteiger partial charge on any atom is 0.330 e. The van der Waals surface area contributed by atoms with E-state index in [0.29, 0.717) is 6.61 Å². The van der Waals surface area contributed by atoms with Crippen LogP contribution in [0.15, 0.2) is 42.6 Å². The molecule has 0 saturated heterocycles. The summed E-state index contributed by atoms with van der Waals surface area (Å²) in [5.74, 6) is 0.387. The van der Waals surface area contributed by atoms with Crippen LogP contribution in [0.3, 0.4) is 0 Å². The number of esters is 1. The third-order valence-electron chi connectivity index (χ3n) is 2.90. The molecule has 0 atom stereocenters. The lowest BCUT2D eigenvalue weighted by Gasteiger charge is -2.04. The van der Waals surface area contributed by atoms with Crippen molar-refractivity contribution in [1.82, 2.24) is 9.78 Å². The van der Waals surface area contributed by atoms with E-state index in [1.165, 1.54) is 13.2 Å². The van der Waals surface area contributed by atoms with E-state index in [1.54, 1.807) is 6.08 Å². The Labute approximate surface area is 123 Å². The summed E-state index contributed by atoms with van der Waals surface area (Å²) in [6.45, 7) is 3.32. The number of hydrogen-bond acceptors (Lipinski definition) is 4. The smallest absolute Gasteiger partial charge is 0.330 e. The first kappa shape index (κ1) is 14.8. The quantitative estimate of drug-likeness (QED) is 0.605. The lowest BCUT2D eigenvalue weighted by molar-refractivity contribution is -0.134. The average Bonchev–Trinajstić information content (AvgIpc) is 2.99. The lowest BCUT2D eigenvalue weighted by atomic mass is 10.2. The zero-order chi connectivity index (χ0) is 15.1. The molecular weight excluding hydrogens is 268 g/mol. The van der Waals surface area contributed by atoms with Crippen LogP contribution in [0.25, 0.3) is 6.08 Å². The first-order valence-electron chi connectivity index (χ1n) is 6.72. The Bertz CT molecular complexity index is 615. The maximum absolute atomic E-state index is 11.0. The second-order valence-electron chi connectivity index (χ2n) is 4.38. The van der Waals surface area contributed by atoms with E-state index in [9.17, 15) is 4.79 Å². The summed E-state index contributed by atoms with van der Waals surface area (Å²) in [5, 5.41) is 4.35. The highest BCUT2D eigenvalue weighted by atomic mass is 16.5. The van der Waals surface area contributed by atoms with Crippen LogP contribution in [0.2, 0.25) is 0 Å². The third kappa shape index (κ3) is 4.49. The Morgan fingerprint density at radius 1 is 1.29 bits per heavy atom. The Hall–Kier alpha value is -2.56. The maximum atomic E-state index is 11.0. The van der Waals surface area contributed by atoms with Crippen LogP contribution in [-0.2, 0) is 22.7 Å². The van der Waals surface area contributed by atoms with Crippen LogP contribution in [0.4, 0.5) is 0 Å². The molecule has 1 heterocycles. The molecule has 0 radical (unpaired) electrons. The van der Waals surface area contributed by atoms with Gasteiger partial charge in [-0.3, -0.25) is 4.68 Å². The normalized spacial score (nSPS) is 10.8. The second-order valence-corrected chi connectivity index (χ2v) is 4.38. The van der Waals surface area contributed by atoms with Crippen molar-refractivity contribution in [2.45, 2.75) is 20.1 Å². The molecule has 0 aliphatic carbocycles. The molecule has 0 fully saturated rings. The summed E-state index contributed by atoms with van der Waals surface area (Å²) in [7, 11) is 1.35. The van der Waals surface area contributed by atoms with Crippen molar-refractivity contribution in [3.05, 3.63) is 53.9 Å². The molecule has 1 aromatic carbocycles. The van der Waals surface area contributed by atoms with Crippen LogP contribution >= 0.6 is 0 Å². The van der Waals surface area contributed by atoms with E-state index in [4.69, 9.17) is 4.74 Å². The summed E-state index contributed by atoms with van der Waals surface area (Å²) >= 11 is 0. The molecule has 0 aliphatic heterocycles. The van der Waals surface area contributed by atoms with E-state index < -0.39 is 0 Å². The first-order chi connectivity index (χ1) is 10.2. The van der Waals surface area contributed by atoms with Gasteiger partial charge in [0.1, 0.15) is 12.4 Å². The van der Waals surface area contributed by atoms with Crippen LogP contribution < -0.4 is 4.74 Å². The first-order valence-corrected chi connectivity index (χ1v) is 6.72. The zero-order valence-electron chi connectivity index (χ0n) is 12.2. The highest BCUT2D eigenvalue weighted by molar-refractivity contribution is 5.86. The van der Waals surface area contributed by atoms with Crippen LogP contribution in [-0.4, -0.2) is 22.9 Å². The van der Waals surface area contributed by atoms with Crippen molar-refractivity contribution >= 4 is 12.0 Å². The summed E-state index contributed by atoms with van der Waals surface area (Å²) in [5.41, 5.74) is 1.80. The van der Waals surface area contributed by atoms with Crippen molar-refractivity contribution < 1.29 is 14.3 Å². The fourth-order valence-corrected chi connectivity index (χ4v) is 1.72. The van der Waals surface area contributed by atoms with Crippen molar-refractivity contribution in [3.8, 4) is 5.75 Å². The molecule has 5 heteroatoms. The van der Waals surface area contributed by atoms with Gasteiger partial charge in [-0.25, -0.2) is 4.79 Å². The van der Waals surface area contributed by atoms with Gasteiger partial charge in [-0.1, -0.05) is 12.1 Å². The SMILES string of the molecule is CCn1ccc(COc2ccc(/C=C/C(=O)OC)cc2)n1. The number of ether oxygens (including phenoxy) is 2. The van der Waals surface area contributed by atoms with E-state index in [0.717, 1.165) is 23.6 Å². The van der Waals surface area contributed by atoms with Gasteiger partial charge in [-0.05, 0) is 36.8 Å². The van der Waals surface area contributed by atoms with Gasteiger partial charge in [0.15, 0.2) is 0 Å². The van der Waals surface area contributed by atoms with Gasteiger partial charge in [-0.15, -0.1) is 0 Å². The van der Waals surface area contributed by atoms with Gasteiger partial charge in [0.25, 0.3) is 0 Å². The van der Waals surface area contributed by atoms with E-state index in [1.807, 2.05) is 48.1 Å².